The van der Waals surface area contributed by atoms with Gasteiger partial charge in [-0.1, -0.05) is 149 Å². The average Bonchev–Trinajstić information content (AvgIpc) is 3.15. The number of urea groups is 1. The summed E-state index contributed by atoms with van der Waals surface area (Å²) < 4.78 is 0. The van der Waals surface area contributed by atoms with Crippen LogP contribution in [0.2, 0.25) is 0 Å². The summed E-state index contributed by atoms with van der Waals surface area (Å²) in [6.45, 7) is 4.66. The van der Waals surface area contributed by atoms with E-state index in [9.17, 15) is 14.4 Å². The smallest absolute Gasteiger partial charge is 0.312 e. The number of nitrogens with two attached hydrogens (primary N) is 1. The number of rotatable bonds is 15. The second-order valence-corrected chi connectivity index (χ2v) is 18.9. The van der Waals surface area contributed by atoms with E-state index in [1.54, 1.807) is 0 Å². The van der Waals surface area contributed by atoms with E-state index in [-0.39, 0.29) is 23.7 Å². The summed E-state index contributed by atoms with van der Waals surface area (Å²) in [4.78, 5) is 39.1. The minimum Gasteiger partial charge on any atom is -0.352 e. The molecule has 0 aliphatic heterocycles. The fourth-order valence-corrected chi connectivity index (χ4v) is 10.8. The van der Waals surface area contributed by atoms with Crippen LogP contribution in [0.4, 0.5) is 4.79 Å². The number of carbonyl (C=O) groups excluding carboxylic acids is 3. The van der Waals surface area contributed by atoms with Crippen molar-refractivity contribution in [3.8, 4) is 0 Å². The predicted molar refractivity (Wildman–Crippen MR) is 221 cm³/mol. The Hall–Kier alpha value is -1.63. The maximum Gasteiger partial charge on any atom is 0.312 e. The van der Waals surface area contributed by atoms with Crippen LogP contribution in [0.5, 0.6) is 0 Å². The maximum atomic E-state index is 14.0. The van der Waals surface area contributed by atoms with E-state index in [1.165, 1.54) is 154 Å². The Kier molecular flexibility index (Phi) is 21.2. The molecular formula is C46H84N4O3. The molecule has 53 heavy (non-hydrogen) atoms. The molecule has 0 aromatic heterocycles. The normalized spacial score (nSPS) is 27.9. The molecule has 3 amide bonds. The molecule has 306 valence electrons. The molecule has 0 unspecified atom stereocenters. The van der Waals surface area contributed by atoms with Crippen molar-refractivity contribution >= 4 is 17.7 Å². The van der Waals surface area contributed by atoms with E-state index in [0.717, 1.165) is 49.4 Å². The fraction of sp³-hybridized carbons (Fsp3) is 0.935. The highest BCUT2D eigenvalue weighted by Crippen LogP contribution is 2.42. The minimum absolute atomic E-state index is 0.0407. The Morgan fingerprint density at radius 2 is 1.09 bits per heavy atom. The van der Waals surface area contributed by atoms with Gasteiger partial charge in [-0.15, -0.1) is 0 Å². The van der Waals surface area contributed by atoms with Crippen LogP contribution in [0, 0.1) is 35.5 Å². The topological polar surface area (TPSA) is 113 Å². The lowest BCUT2D eigenvalue weighted by atomic mass is 9.68. The van der Waals surface area contributed by atoms with Gasteiger partial charge in [-0.2, -0.15) is 0 Å². The van der Waals surface area contributed by atoms with E-state index in [4.69, 9.17) is 5.73 Å². The molecule has 4 rings (SSSR count). The third-order valence-corrected chi connectivity index (χ3v) is 14.1. The molecule has 0 bridgehead atoms. The molecule has 0 aromatic carbocycles. The van der Waals surface area contributed by atoms with Gasteiger partial charge in [0.2, 0.25) is 5.91 Å². The highest BCUT2D eigenvalue weighted by molar-refractivity contribution is 5.91. The molecule has 4 fully saturated rings. The SMILES string of the molecule is CC(C)[C@@H](NC1CCC(C2CCCCCCCCCCCC2)CC1)C(=O)N[C@@H](CCCNC(N)=O)C(=O)CC1CC(CC2CCCCCCCCC2)C1. The number of carbonyl (C=O) groups is 3. The van der Waals surface area contributed by atoms with Gasteiger partial charge in [-0.3, -0.25) is 9.59 Å². The summed E-state index contributed by atoms with van der Waals surface area (Å²) in [5, 5.41) is 9.69. The summed E-state index contributed by atoms with van der Waals surface area (Å²) in [5.41, 5.74) is 5.31. The number of hydrogen-bond acceptors (Lipinski definition) is 4. The zero-order valence-electron chi connectivity index (χ0n) is 34.6. The van der Waals surface area contributed by atoms with Crippen molar-refractivity contribution in [1.82, 2.24) is 16.0 Å². The summed E-state index contributed by atoms with van der Waals surface area (Å²) in [7, 11) is 0. The Bertz CT molecular complexity index is 996. The monoisotopic (exact) mass is 741 g/mol. The first-order valence-corrected chi connectivity index (χ1v) is 23.4. The third kappa shape index (κ3) is 17.4. The molecule has 4 saturated carbocycles. The van der Waals surface area contributed by atoms with Crippen LogP contribution >= 0.6 is 0 Å². The van der Waals surface area contributed by atoms with Gasteiger partial charge in [0.15, 0.2) is 5.78 Å². The van der Waals surface area contributed by atoms with E-state index < -0.39 is 12.1 Å². The number of hydrogen-bond donors (Lipinski definition) is 4. The lowest BCUT2D eigenvalue weighted by Crippen LogP contribution is -2.55. The second-order valence-electron chi connectivity index (χ2n) is 18.9. The summed E-state index contributed by atoms with van der Waals surface area (Å²) in [6, 6.07) is -1.02. The Morgan fingerprint density at radius 3 is 1.60 bits per heavy atom. The number of Topliss-reactive ketones (excluding diaryl/α,β-unsaturated/α-hetero) is 1. The molecular weight excluding hydrogens is 657 g/mol. The van der Waals surface area contributed by atoms with Crippen LogP contribution in [0.25, 0.3) is 0 Å². The van der Waals surface area contributed by atoms with Gasteiger partial charge in [-0.25, -0.2) is 4.79 Å². The number of amides is 3. The van der Waals surface area contributed by atoms with Gasteiger partial charge >= 0.3 is 6.03 Å². The highest BCUT2D eigenvalue weighted by Gasteiger charge is 2.36. The largest absolute Gasteiger partial charge is 0.352 e. The first-order valence-electron chi connectivity index (χ1n) is 23.4. The fourth-order valence-electron chi connectivity index (χ4n) is 10.8. The van der Waals surface area contributed by atoms with Crippen LogP contribution < -0.4 is 21.7 Å². The standard InChI is InChI=1S/C46H84N4O3/c1-35(2)44(49-41-28-26-40(27-29-41)39-23-18-14-10-5-3-4-6-11-15-19-24-39)45(52)50-42(25-20-30-48-46(47)53)43(51)34-38-32-37(33-38)31-36-21-16-12-8-7-9-13-17-22-36/h35-42,44,49H,3-34H2,1-2H3,(H,50,52)(H3,47,48,53)/t37?,38?,40?,41?,42-,44+/m0/s1. The Labute approximate surface area is 326 Å². The molecule has 0 heterocycles. The molecule has 0 radical (unpaired) electrons. The molecule has 0 spiro atoms. The molecule has 7 heteroatoms. The average molecular weight is 741 g/mol. The number of nitrogens with one attached hydrogen (secondary N) is 3. The molecule has 4 aliphatic carbocycles. The molecule has 5 N–H and O–H groups in total. The van der Waals surface area contributed by atoms with Gasteiger partial charge in [-0.05, 0) is 93.3 Å². The van der Waals surface area contributed by atoms with Crippen molar-refractivity contribution in [1.29, 1.82) is 0 Å². The van der Waals surface area contributed by atoms with Crippen LogP contribution in [-0.2, 0) is 9.59 Å². The Balaban J connectivity index is 1.25. The molecule has 7 nitrogen and oxygen atoms in total. The quantitative estimate of drug-likeness (QED) is 0.125. The van der Waals surface area contributed by atoms with Gasteiger partial charge in [0, 0.05) is 19.0 Å². The molecule has 0 saturated heterocycles. The van der Waals surface area contributed by atoms with Gasteiger partial charge in [0.25, 0.3) is 0 Å². The van der Waals surface area contributed by atoms with Crippen LogP contribution in [-0.4, -0.2) is 42.4 Å². The highest BCUT2D eigenvalue weighted by atomic mass is 16.2. The summed E-state index contributed by atoms with van der Waals surface area (Å²) >= 11 is 0. The van der Waals surface area contributed by atoms with Crippen LogP contribution in [0.3, 0.4) is 0 Å². The van der Waals surface area contributed by atoms with Crippen LogP contribution in [0.1, 0.15) is 213 Å². The van der Waals surface area contributed by atoms with E-state index in [0.29, 0.717) is 37.8 Å². The minimum atomic E-state index is -0.548. The number of ketones is 1. The maximum absolute atomic E-state index is 14.0. The van der Waals surface area contributed by atoms with Crippen molar-refractivity contribution in [2.45, 2.75) is 231 Å². The molecule has 4 aliphatic rings. The van der Waals surface area contributed by atoms with E-state index in [2.05, 4.69) is 29.8 Å². The second kappa shape index (κ2) is 25.5. The van der Waals surface area contributed by atoms with Crippen molar-refractivity contribution in [3.63, 3.8) is 0 Å². The lowest BCUT2D eigenvalue weighted by molar-refractivity contribution is -0.131. The first-order chi connectivity index (χ1) is 25.8. The Morgan fingerprint density at radius 1 is 0.604 bits per heavy atom. The van der Waals surface area contributed by atoms with E-state index >= 15 is 0 Å². The summed E-state index contributed by atoms with van der Waals surface area (Å²) in [6.07, 6.45) is 39.7. The van der Waals surface area contributed by atoms with Crippen molar-refractivity contribution in [2.75, 3.05) is 6.54 Å². The zero-order chi connectivity index (χ0) is 37.7. The van der Waals surface area contributed by atoms with Gasteiger partial charge in [0.05, 0.1) is 12.1 Å². The van der Waals surface area contributed by atoms with Crippen molar-refractivity contribution < 1.29 is 14.4 Å². The first kappa shape index (κ1) is 44.1. The third-order valence-electron chi connectivity index (χ3n) is 14.1. The lowest BCUT2D eigenvalue weighted by Gasteiger charge is -2.38. The molecule has 0 aromatic rings. The summed E-state index contributed by atoms with van der Waals surface area (Å²) in [5.74, 6) is 4.02. The zero-order valence-corrected chi connectivity index (χ0v) is 34.6. The van der Waals surface area contributed by atoms with Crippen molar-refractivity contribution in [3.05, 3.63) is 0 Å². The van der Waals surface area contributed by atoms with Gasteiger partial charge < -0.3 is 21.7 Å². The number of primary amides is 1. The van der Waals surface area contributed by atoms with Crippen LogP contribution in [0.15, 0.2) is 0 Å². The van der Waals surface area contributed by atoms with Gasteiger partial charge in [0.1, 0.15) is 0 Å². The molecule has 2 atom stereocenters. The van der Waals surface area contributed by atoms with Crippen molar-refractivity contribution in [2.24, 2.45) is 41.2 Å². The predicted octanol–water partition coefficient (Wildman–Crippen LogP) is 10.9. The van der Waals surface area contributed by atoms with E-state index in [1.807, 2.05) is 0 Å².